The molecular formula is C23H21N7O4. The predicted molar refractivity (Wildman–Crippen MR) is 124 cm³/mol. The van der Waals surface area contributed by atoms with E-state index in [9.17, 15) is 19.2 Å². The van der Waals surface area contributed by atoms with E-state index in [2.05, 4.69) is 25.6 Å². The fraction of sp³-hybridized carbons (Fsp3) is 0.261. The van der Waals surface area contributed by atoms with Gasteiger partial charge in [-0.25, -0.2) is 4.98 Å². The highest BCUT2D eigenvalue weighted by molar-refractivity contribution is 6.01. The van der Waals surface area contributed by atoms with Crippen molar-refractivity contribution in [1.82, 2.24) is 14.9 Å². The van der Waals surface area contributed by atoms with Crippen LogP contribution in [0.15, 0.2) is 52.4 Å². The summed E-state index contributed by atoms with van der Waals surface area (Å²) in [6.07, 6.45) is 0.840. The van der Waals surface area contributed by atoms with Crippen LogP contribution in [0.5, 0.6) is 0 Å². The molecule has 0 radical (unpaired) electrons. The molecule has 0 aliphatic carbocycles. The van der Waals surface area contributed by atoms with Crippen molar-refractivity contribution in [3.63, 3.8) is 0 Å². The molecule has 2 heterocycles. The third-order valence-electron chi connectivity index (χ3n) is 5.67. The number of amides is 3. The first-order chi connectivity index (χ1) is 16.4. The topological polar surface area (TPSA) is 159 Å². The average molecular weight is 459 g/mol. The first-order valence-corrected chi connectivity index (χ1v) is 10.7. The highest BCUT2D eigenvalue weighted by Gasteiger charge is 2.30. The van der Waals surface area contributed by atoms with E-state index < -0.39 is 17.5 Å². The molecule has 0 saturated carbocycles. The van der Waals surface area contributed by atoms with Crippen LogP contribution in [0.3, 0.4) is 0 Å². The van der Waals surface area contributed by atoms with E-state index in [1.54, 1.807) is 49.4 Å². The summed E-state index contributed by atoms with van der Waals surface area (Å²) in [5.41, 5.74) is 10.2. The lowest BCUT2D eigenvalue weighted by molar-refractivity contribution is -0.135. The lowest BCUT2D eigenvalue weighted by atomic mass is 10.1. The SMILES string of the molecule is Cc1nc2c(NC(=O)CCc3ccccc3N=[N+]=[N-])cccc2c(=O)n1C1CCC(=O)NC1=O. The van der Waals surface area contributed by atoms with Crippen molar-refractivity contribution in [3.05, 3.63) is 74.6 Å². The molecule has 1 aromatic heterocycles. The van der Waals surface area contributed by atoms with Gasteiger partial charge < -0.3 is 5.32 Å². The molecule has 1 aliphatic rings. The fourth-order valence-electron chi connectivity index (χ4n) is 4.05. The van der Waals surface area contributed by atoms with Gasteiger partial charge in [0, 0.05) is 23.4 Å². The van der Waals surface area contributed by atoms with Gasteiger partial charge in [-0.05, 0) is 43.0 Å². The van der Waals surface area contributed by atoms with E-state index >= 15 is 0 Å². The molecular weight excluding hydrogens is 438 g/mol. The summed E-state index contributed by atoms with van der Waals surface area (Å²) in [6.45, 7) is 1.61. The Morgan fingerprint density at radius 3 is 2.79 bits per heavy atom. The summed E-state index contributed by atoms with van der Waals surface area (Å²) in [7, 11) is 0. The maximum Gasteiger partial charge on any atom is 0.262 e. The Morgan fingerprint density at radius 1 is 1.24 bits per heavy atom. The third-order valence-corrected chi connectivity index (χ3v) is 5.67. The molecule has 3 aromatic rings. The van der Waals surface area contributed by atoms with Gasteiger partial charge in [0.2, 0.25) is 17.7 Å². The number of aromatic nitrogens is 2. The predicted octanol–water partition coefficient (Wildman–Crippen LogP) is 3.20. The number of rotatable bonds is 6. The summed E-state index contributed by atoms with van der Waals surface area (Å²) in [4.78, 5) is 57.0. The molecule has 3 amide bonds. The van der Waals surface area contributed by atoms with Crippen LogP contribution in [0, 0.1) is 6.92 Å². The molecule has 172 valence electrons. The normalized spacial score (nSPS) is 15.5. The van der Waals surface area contributed by atoms with E-state index in [-0.39, 0.29) is 36.5 Å². The van der Waals surface area contributed by atoms with E-state index in [0.717, 1.165) is 5.56 Å². The summed E-state index contributed by atoms with van der Waals surface area (Å²) >= 11 is 0. The van der Waals surface area contributed by atoms with Crippen LogP contribution in [-0.2, 0) is 20.8 Å². The second kappa shape index (κ2) is 9.55. The van der Waals surface area contributed by atoms with Crippen LogP contribution in [0.25, 0.3) is 21.3 Å². The van der Waals surface area contributed by atoms with Gasteiger partial charge in [0.15, 0.2) is 0 Å². The molecule has 11 heteroatoms. The maximum absolute atomic E-state index is 13.2. The number of piperidine rings is 1. The van der Waals surface area contributed by atoms with Gasteiger partial charge in [0.1, 0.15) is 17.4 Å². The minimum Gasteiger partial charge on any atom is -0.324 e. The molecule has 1 saturated heterocycles. The molecule has 1 atom stereocenters. The Balaban J connectivity index is 1.59. The van der Waals surface area contributed by atoms with Crippen molar-refractivity contribution in [1.29, 1.82) is 0 Å². The van der Waals surface area contributed by atoms with Crippen molar-refractivity contribution in [2.24, 2.45) is 5.11 Å². The Labute approximate surface area is 193 Å². The summed E-state index contributed by atoms with van der Waals surface area (Å²) in [6, 6.07) is 11.1. The quantitative estimate of drug-likeness (QED) is 0.250. The monoisotopic (exact) mass is 459 g/mol. The third kappa shape index (κ3) is 4.50. The number of aryl methyl sites for hydroxylation is 2. The molecule has 11 nitrogen and oxygen atoms in total. The second-order valence-electron chi connectivity index (χ2n) is 7.87. The number of carbonyl (C=O) groups excluding carboxylic acids is 3. The summed E-state index contributed by atoms with van der Waals surface area (Å²) in [5.74, 6) is -0.894. The van der Waals surface area contributed by atoms with Crippen LogP contribution in [0.2, 0.25) is 0 Å². The minimum atomic E-state index is -0.823. The number of anilines is 1. The van der Waals surface area contributed by atoms with Crippen LogP contribution < -0.4 is 16.2 Å². The standard InChI is InChI=1S/C23H21N7O4/c1-13-25-21-15(23(34)30(13)18-10-12-20(32)27-22(18)33)6-4-8-17(21)26-19(31)11-9-14-5-2-3-7-16(14)28-29-24/h2-8,18H,9-12H2,1H3,(H,26,31)(H,27,32,33). The first-order valence-electron chi connectivity index (χ1n) is 10.7. The molecule has 34 heavy (non-hydrogen) atoms. The number of imide groups is 1. The average Bonchev–Trinajstić information content (AvgIpc) is 2.80. The molecule has 0 spiro atoms. The molecule has 2 aromatic carbocycles. The van der Waals surface area contributed by atoms with Crippen LogP contribution in [0.4, 0.5) is 11.4 Å². The molecule has 1 aliphatic heterocycles. The number of fused-ring (bicyclic) bond motifs is 1. The van der Waals surface area contributed by atoms with Crippen molar-refractivity contribution >= 4 is 40.0 Å². The number of azide groups is 1. The van der Waals surface area contributed by atoms with Gasteiger partial charge in [-0.15, -0.1) is 0 Å². The Bertz CT molecular complexity index is 1420. The summed E-state index contributed by atoms with van der Waals surface area (Å²) in [5, 5.41) is 8.95. The van der Waals surface area contributed by atoms with E-state index in [4.69, 9.17) is 5.53 Å². The number of nitrogens with zero attached hydrogens (tertiary/aromatic N) is 5. The molecule has 0 bridgehead atoms. The van der Waals surface area contributed by atoms with Gasteiger partial charge in [-0.1, -0.05) is 35.4 Å². The lowest BCUT2D eigenvalue weighted by Crippen LogP contribution is -2.45. The maximum atomic E-state index is 13.2. The van der Waals surface area contributed by atoms with Crippen LogP contribution >= 0.6 is 0 Å². The number of nitrogens with one attached hydrogen (secondary N) is 2. The van der Waals surface area contributed by atoms with Crippen molar-refractivity contribution < 1.29 is 14.4 Å². The number of para-hydroxylation sites is 1. The highest BCUT2D eigenvalue weighted by atomic mass is 16.2. The van der Waals surface area contributed by atoms with Crippen molar-refractivity contribution in [2.75, 3.05) is 5.32 Å². The highest BCUT2D eigenvalue weighted by Crippen LogP contribution is 2.24. The Morgan fingerprint density at radius 2 is 2.03 bits per heavy atom. The van der Waals surface area contributed by atoms with Crippen LogP contribution in [-0.4, -0.2) is 27.3 Å². The second-order valence-corrected chi connectivity index (χ2v) is 7.87. The molecule has 4 rings (SSSR count). The first kappa shape index (κ1) is 22.7. The van der Waals surface area contributed by atoms with E-state index in [1.165, 1.54) is 4.57 Å². The largest absolute Gasteiger partial charge is 0.324 e. The number of benzene rings is 2. The zero-order valence-corrected chi connectivity index (χ0v) is 18.3. The number of hydrogen-bond donors (Lipinski definition) is 2. The minimum absolute atomic E-state index is 0.126. The fourth-order valence-corrected chi connectivity index (χ4v) is 4.05. The van der Waals surface area contributed by atoms with Crippen molar-refractivity contribution in [3.8, 4) is 0 Å². The van der Waals surface area contributed by atoms with Gasteiger partial charge in [-0.3, -0.25) is 29.1 Å². The van der Waals surface area contributed by atoms with Gasteiger partial charge >= 0.3 is 0 Å². The summed E-state index contributed by atoms with van der Waals surface area (Å²) < 4.78 is 1.29. The Hall–Kier alpha value is -4.50. The number of hydrogen-bond acceptors (Lipinski definition) is 6. The smallest absolute Gasteiger partial charge is 0.262 e. The Kier molecular flexibility index (Phi) is 6.37. The van der Waals surface area contributed by atoms with Crippen LogP contribution in [0.1, 0.15) is 36.7 Å². The van der Waals surface area contributed by atoms with Gasteiger partial charge in [0.25, 0.3) is 5.56 Å². The molecule has 2 N–H and O–H groups in total. The van der Waals surface area contributed by atoms with Gasteiger partial charge in [0.05, 0.1) is 11.1 Å². The van der Waals surface area contributed by atoms with E-state index in [0.29, 0.717) is 29.1 Å². The van der Waals surface area contributed by atoms with E-state index in [1.807, 2.05) is 0 Å². The zero-order valence-electron chi connectivity index (χ0n) is 18.3. The van der Waals surface area contributed by atoms with Crippen molar-refractivity contribution in [2.45, 2.75) is 38.6 Å². The lowest BCUT2D eigenvalue weighted by Gasteiger charge is -2.24. The number of carbonyl (C=O) groups is 3. The molecule has 1 fully saturated rings. The zero-order chi connectivity index (χ0) is 24.2. The molecule has 1 unspecified atom stereocenters. The van der Waals surface area contributed by atoms with Gasteiger partial charge in [-0.2, -0.15) is 0 Å².